The Kier molecular flexibility index (Phi) is 4.97. The first-order valence-corrected chi connectivity index (χ1v) is 8.78. The summed E-state index contributed by atoms with van der Waals surface area (Å²) in [6, 6.07) is 8.25. The van der Waals surface area contributed by atoms with Crippen LogP contribution in [0.25, 0.3) is 0 Å². The van der Waals surface area contributed by atoms with Crippen LogP contribution in [0.3, 0.4) is 0 Å². The predicted molar refractivity (Wildman–Crippen MR) is 93.2 cm³/mol. The highest BCUT2D eigenvalue weighted by molar-refractivity contribution is 5.94. The second-order valence-corrected chi connectivity index (χ2v) is 6.84. The molecule has 0 saturated carbocycles. The average molecular weight is 327 g/mol. The van der Waals surface area contributed by atoms with Crippen molar-refractivity contribution in [3.63, 3.8) is 0 Å². The lowest BCUT2D eigenvalue weighted by atomic mass is 9.96. The van der Waals surface area contributed by atoms with E-state index < -0.39 is 0 Å². The van der Waals surface area contributed by atoms with E-state index in [1.807, 2.05) is 24.8 Å². The van der Waals surface area contributed by atoms with Crippen LogP contribution < -0.4 is 4.90 Å². The average Bonchev–Trinajstić information content (AvgIpc) is 2.99. The number of carbonyl (C=O) groups excluding carboxylic acids is 1. The van der Waals surface area contributed by atoms with Gasteiger partial charge >= 0.3 is 0 Å². The van der Waals surface area contributed by atoms with Gasteiger partial charge in [0.15, 0.2) is 0 Å². The van der Waals surface area contributed by atoms with Gasteiger partial charge in [-0.15, -0.1) is 10.2 Å². The van der Waals surface area contributed by atoms with E-state index in [-0.39, 0.29) is 11.8 Å². The molecule has 2 heterocycles. The number of fused-ring (bicyclic) bond motifs is 1. The molecule has 128 valence electrons. The number of amides is 1. The fraction of sp³-hybridized carbons (Fsp3) is 0.526. The number of hydrogen-bond donors (Lipinski definition) is 0. The summed E-state index contributed by atoms with van der Waals surface area (Å²) in [5.41, 5.74) is 2.32. The number of aryl methyl sites for hydroxylation is 1. The topological polar surface area (TPSA) is 59.2 Å². The first-order chi connectivity index (χ1) is 11.6. The minimum absolute atomic E-state index is 0.126. The lowest BCUT2D eigenvalue weighted by molar-refractivity contribution is -0.118. The third-order valence-electron chi connectivity index (χ3n) is 4.61. The zero-order valence-corrected chi connectivity index (χ0v) is 14.7. The maximum Gasteiger partial charge on any atom is 0.227 e. The molecule has 1 amide bonds. The zero-order chi connectivity index (χ0) is 17.1. The van der Waals surface area contributed by atoms with Gasteiger partial charge in [0, 0.05) is 31.0 Å². The molecule has 5 nitrogen and oxygen atoms in total. The van der Waals surface area contributed by atoms with Crippen LogP contribution in [-0.2, 0) is 11.2 Å². The molecule has 1 aliphatic heterocycles. The molecule has 1 aromatic heterocycles. The van der Waals surface area contributed by atoms with Gasteiger partial charge in [-0.05, 0) is 30.4 Å². The first kappa shape index (κ1) is 16.7. The largest absolute Gasteiger partial charge is 0.425 e. The summed E-state index contributed by atoms with van der Waals surface area (Å²) in [7, 11) is 0. The highest BCUT2D eigenvalue weighted by Gasteiger charge is 2.24. The number of anilines is 1. The summed E-state index contributed by atoms with van der Waals surface area (Å²) in [6.45, 7) is 7.04. The molecular formula is C19H25N3O2. The summed E-state index contributed by atoms with van der Waals surface area (Å²) in [6.07, 6.45) is 3.02. The molecular weight excluding hydrogens is 302 g/mol. The van der Waals surface area contributed by atoms with Crippen LogP contribution in [0.1, 0.15) is 69.2 Å². The fourth-order valence-corrected chi connectivity index (χ4v) is 3.19. The van der Waals surface area contributed by atoms with Crippen molar-refractivity contribution in [3.05, 3.63) is 41.6 Å². The predicted octanol–water partition coefficient (Wildman–Crippen LogP) is 4.06. The molecule has 0 aliphatic carbocycles. The number of benzene rings is 1. The molecule has 0 radical (unpaired) electrons. The van der Waals surface area contributed by atoms with Crippen molar-refractivity contribution in [2.24, 2.45) is 0 Å². The van der Waals surface area contributed by atoms with Gasteiger partial charge in [-0.1, -0.05) is 39.0 Å². The summed E-state index contributed by atoms with van der Waals surface area (Å²) >= 11 is 0. The van der Waals surface area contributed by atoms with Gasteiger partial charge in [0.2, 0.25) is 17.7 Å². The van der Waals surface area contributed by atoms with E-state index in [2.05, 4.69) is 35.3 Å². The number of aromatic nitrogens is 2. The molecule has 3 rings (SSSR count). The lowest BCUT2D eigenvalue weighted by Crippen LogP contribution is -2.31. The summed E-state index contributed by atoms with van der Waals surface area (Å²) in [4.78, 5) is 14.7. The van der Waals surface area contributed by atoms with Crippen LogP contribution in [0.2, 0.25) is 0 Å². The van der Waals surface area contributed by atoms with Crippen LogP contribution in [-0.4, -0.2) is 22.6 Å². The summed E-state index contributed by atoms with van der Waals surface area (Å²) < 4.78 is 5.60. The van der Waals surface area contributed by atoms with E-state index in [1.165, 1.54) is 5.56 Å². The van der Waals surface area contributed by atoms with Gasteiger partial charge in [-0.3, -0.25) is 4.79 Å². The molecule has 1 aromatic carbocycles. The van der Waals surface area contributed by atoms with Crippen LogP contribution >= 0.6 is 0 Å². The van der Waals surface area contributed by atoms with E-state index >= 15 is 0 Å². The molecule has 0 unspecified atom stereocenters. The van der Waals surface area contributed by atoms with E-state index in [1.54, 1.807) is 0 Å². The number of nitrogens with zero attached hydrogens (tertiary/aromatic N) is 3. The molecule has 24 heavy (non-hydrogen) atoms. The van der Waals surface area contributed by atoms with Crippen molar-refractivity contribution in [3.8, 4) is 0 Å². The maximum atomic E-state index is 12.8. The fourth-order valence-electron chi connectivity index (χ4n) is 3.19. The van der Waals surface area contributed by atoms with Gasteiger partial charge in [-0.25, -0.2) is 0 Å². The van der Waals surface area contributed by atoms with Crippen LogP contribution in [0, 0.1) is 0 Å². The number of rotatable bonds is 4. The summed E-state index contributed by atoms with van der Waals surface area (Å²) in [5, 5.41) is 8.07. The molecule has 0 bridgehead atoms. The second-order valence-electron chi connectivity index (χ2n) is 6.84. The van der Waals surface area contributed by atoms with Crippen molar-refractivity contribution in [2.45, 2.75) is 58.3 Å². The van der Waals surface area contributed by atoms with Gasteiger partial charge in [0.05, 0.1) is 0 Å². The van der Waals surface area contributed by atoms with Gasteiger partial charge in [-0.2, -0.15) is 0 Å². The van der Waals surface area contributed by atoms with Crippen LogP contribution in [0.5, 0.6) is 0 Å². The normalized spacial score (nSPS) is 17.7. The molecule has 5 heteroatoms. The minimum atomic E-state index is 0.126. The maximum absolute atomic E-state index is 12.8. The number of carbonyl (C=O) groups is 1. The zero-order valence-electron chi connectivity index (χ0n) is 14.7. The Balaban J connectivity index is 1.71. The second kappa shape index (κ2) is 7.16. The molecule has 0 saturated heterocycles. The van der Waals surface area contributed by atoms with Crippen molar-refractivity contribution in [1.82, 2.24) is 10.2 Å². The standard InChI is InChI=1S/C19H25N3O2/c1-13(2)19-21-20-17(24-19)10-11-18(23)22-12-6-7-14(3)15-8-4-5-9-16(15)22/h4-5,8-9,13-14H,6-7,10-12H2,1-3H3/t14-/m0/s1. The van der Waals surface area contributed by atoms with E-state index in [4.69, 9.17) is 4.42 Å². The molecule has 1 aliphatic rings. The minimum Gasteiger partial charge on any atom is -0.425 e. The highest BCUT2D eigenvalue weighted by Crippen LogP contribution is 2.34. The molecule has 0 fully saturated rings. The molecule has 1 atom stereocenters. The molecule has 2 aromatic rings. The number of hydrogen-bond acceptors (Lipinski definition) is 4. The van der Waals surface area contributed by atoms with Crippen molar-refractivity contribution in [2.75, 3.05) is 11.4 Å². The number of para-hydroxylation sites is 1. The Morgan fingerprint density at radius 2 is 2.12 bits per heavy atom. The third-order valence-corrected chi connectivity index (χ3v) is 4.61. The van der Waals surface area contributed by atoms with Crippen molar-refractivity contribution >= 4 is 11.6 Å². The third kappa shape index (κ3) is 3.50. The lowest BCUT2D eigenvalue weighted by Gasteiger charge is -2.23. The Labute approximate surface area is 143 Å². The van der Waals surface area contributed by atoms with Gasteiger partial charge in [0.25, 0.3) is 0 Å². The van der Waals surface area contributed by atoms with Gasteiger partial charge < -0.3 is 9.32 Å². The van der Waals surface area contributed by atoms with Crippen LogP contribution in [0.4, 0.5) is 5.69 Å². The Morgan fingerprint density at radius 3 is 2.88 bits per heavy atom. The van der Waals surface area contributed by atoms with E-state index in [0.29, 0.717) is 30.5 Å². The van der Waals surface area contributed by atoms with E-state index in [0.717, 1.165) is 25.1 Å². The van der Waals surface area contributed by atoms with Crippen molar-refractivity contribution < 1.29 is 9.21 Å². The SMILES string of the molecule is CC(C)c1nnc(CCC(=O)N2CCC[C@H](C)c3ccccc32)o1. The Morgan fingerprint density at radius 1 is 1.33 bits per heavy atom. The first-order valence-electron chi connectivity index (χ1n) is 8.78. The molecule has 0 spiro atoms. The monoisotopic (exact) mass is 327 g/mol. The smallest absolute Gasteiger partial charge is 0.227 e. The van der Waals surface area contributed by atoms with Crippen molar-refractivity contribution in [1.29, 1.82) is 0 Å². The Bertz CT molecular complexity index is 708. The quantitative estimate of drug-likeness (QED) is 0.850. The van der Waals surface area contributed by atoms with Gasteiger partial charge in [0.1, 0.15) is 0 Å². The van der Waals surface area contributed by atoms with Crippen LogP contribution in [0.15, 0.2) is 28.7 Å². The Hall–Kier alpha value is -2.17. The molecule has 0 N–H and O–H groups in total. The highest BCUT2D eigenvalue weighted by atomic mass is 16.4. The van der Waals surface area contributed by atoms with E-state index in [9.17, 15) is 4.79 Å². The summed E-state index contributed by atoms with van der Waals surface area (Å²) in [5.74, 6) is 2.00.